The lowest BCUT2D eigenvalue weighted by Crippen LogP contribution is -2.12. The minimum Gasteiger partial charge on any atom is -0.481 e. The van der Waals surface area contributed by atoms with Crippen LogP contribution in [0.25, 0.3) is 10.9 Å². The fourth-order valence-corrected chi connectivity index (χ4v) is 2.28. The number of carbonyl (C=O) groups is 1. The molecule has 0 saturated carbocycles. The lowest BCUT2D eigenvalue weighted by atomic mass is 10.0. The number of hydrogen-bond donors (Lipinski definition) is 1. The number of para-hydroxylation sites is 1. The summed E-state index contributed by atoms with van der Waals surface area (Å²) in [7, 11) is 0. The van der Waals surface area contributed by atoms with Gasteiger partial charge in [-0.3, -0.25) is 4.79 Å². The van der Waals surface area contributed by atoms with E-state index in [4.69, 9.17) is 5.11 Å². The highest BCUT2D eigenvalue weighted by Gasteiger charge is 2.16. The number of carboxylic acids is 1. The summed E-state index contributed by atoms with van der Waals surface area (Å²) in [5.74, 6) is -1.09. The van der Waals surface area contributed by atoms with Gasteiger partial charge in [0.1, 0.15) is 0 Å². The maximum absolute atomic E-state index is 11.0. The summed E-state index contributed by atoms with van der Waals surface area (Å²) in [5, 5.41) is 10.2. The topological polar surface area (TPSA) is 42.2 Å². The summed E-state index contributed by atoms with van der Waals surface area (Å²) < 4.78 is 2.21. The lowest BCUT2D eigenvalue weighted by Gasteiger charge is -2.08. The molecule has 0 fully saturated rings. The average molecular weight is 245 g/mol. The molecule has 1 heterocycles. The summed E-state index contributed by atoms with van der Waals surface area (Å²) in [6.07, 6.45) is 2.67. The van der Waals surface area contributed by atoms with Crippen molar-refractivity contribution in [1.29, 1.82) is 0 Å². The van der Waals surface area contributed by atoms with E-state index in [1.807, 2.05) is 12.1 Å². The molecule has 18 heavy (non-hydrogen) atoms. The lowest BCUT2D eigenvalue weighted by molar-refractivity contribution is -0.141. The Morgan fingerprint density at radius 2 is 1.94 bits per heavy atom. The molecule has 0 bridgehead atoms. The molecule has 0 saturated heterocycles. The van der Waals surface area contributed by atoms with E-state index in [0.29, 0.717) is 12.5 Å². The van der Waals surface area contributed by atoms with Gasteiger partial charge < -0.3 is 9.67 Å². The number of hydrogen-bond acceptors (Lipinski definition) is 1. The van der Waals surface area contributed by atoms with E-state index in [1.54, 1.807) is 6.92 Å². The Hall–Kier alpha value is -1.77. The second-order valence-corrected chi connectivity index (χ2v) is 5.12. The first kappa shape index (κ1) is 12.7. The van der Waals surface area contributed by atoms with Crippen LogP contribution in [0.15, 0.2) is 30.5 Å². The molecule has 1 N–H and O–H groups in total. The smallest absolute Gasteiger partial charge is 0.306 e. The number of carboxylic acid groups (broad SMARTS) is 1. The van der Waals surface area contributed by atoms with E-state index >= 15 is 0 Å². The zero-order chi connectivity index (χ0) is 13.3. The summed E-state index contributed by atoms with van der Waals surface area (Å²) in [5.41, 5.74) is 2.30. The molecule has 1 aromatic heterocycles. The van der Waals surface area contributed by atoms with Gasteiger partial charge in [0.25, 0.3) is 0 Å². The van der Waals surface area contributed by atoms with Gasteiger partial charge in [0.15, 0.2) is 0 Å². The number of fused-ring (bicyclic) bond motifs is 1. The normalized spacial score (nSPS) is 13.1. The van der Waals surface area contributed by atoms with Crippen LogP contribution in [0.4, 0.5) is 0 Å². The Morgan fingerprint density at radius 3 is 2.56 bits per heavy atom. The largest absolute Gasteiger partial charge is 0.481 e. The molecule has 1 unspecified atom stereocenters. The SMILES string of the molecule is CC(Cc1cn(C(C)C)c2ccccc12)C(=O)O. The van der Waals surface area contributed by atoms with Gasteiger partial charge in [-0.05, 0) is 31.9 Å². The molecule has 0 radical (unpaired) electrons. The summed E-state index contributed by atoms with van der Waals surface area (Å²) in [6.45, 7) is 6.03. The van der Waals surface area contributed by atoms with Crippen molar-refractivity contribution in [3.8, 4) is 0 Å². The van der Waals surface area contributed by atoms with Gasteiger partial charge in [0.05, 0.1) is 5.92 Å². The van der Waals surface area contributed by atoms with E-state index in [9.17, 15) is 4.79 Å². The highest BCUT2D eigenvalue weighted by molar-refractivity contribution is 5.84. The van der Waals surface area contributed by atoms with Crippen molar-refractivity contribution in [3.05, 3.63) is 36.0 Å². The van der Waals surface area contributed by atoms with Crippen LogP contribution in [0, 0.1) is 5.92 Å². The third-order valence-electron chi connectivity index (χ3n) is 3.33. The van der Waals surface area contributed by atoms with Crippen LogP contribution in [0.2, 0.25) is 0 Å². The maximum Gasteiger partial charge on any atom is 0.306 e. The Balaban J connectivity index is 2.48. The standard InChI is InChI=1S/C15H19NO2/c1-10(2)16-9-12(8-11(3)15(17)18)13-6-4-5-7-14(13)16/h4-7,9-11H,8H2,1-3H3,(H,17,18). The number of aliphatic carboxylic acids is 1. The second kappa shape index (κ2) is 4.84. The third kappa shape index (κ3) is 2.26. The molecular formula is C15H19NO2. The predicted molar refractivity (Wildman–Crippen MR) is 72.8 cm³/mol. The number of nitrogens with zero attached hydrogens (tertiary/aromatic N) is 1. The minimum absolute atomic E-state index is 0.351. The van der Waals surface area contributed by atoms with Crippen molar-refractivity contribution in [2.24, 2.45) is 5.92 Å². The molecule has 1 atom stereocenters. The molecule has 2 aromatic rings. The predicted octanol–water partition coefficient (Wildman–Crippen LogP) is 3.49. The zero-order valence-corrected chi connectivity index (χ0v) is 11.1. The third-order valence-corrected chi connectivity index (χ3v) is 3.33. The second-order valence-electron chi connectivity index (χ2n) is 5.12. The Morgan fingerprint density at radius 1 is 1.28 bits per heavy atom. The highest BCUT2D eigenvalue weighted by atomic mass is 16.4. The van der Waals surface area contributed by atoms with Crippen molar-refractivity contribution in [2.75, 3.05) is 0 Å². The molecule has 1 aromatic carbocycles. The first-order valence-corrected chi connectivity index (χ1v) is 6.32. The van der Waals surface area contributed by atoms with Crippen LogP contribution in [0.5, 0.6) is 0 Å². The van der Waals surface area contributed by atoms with Gasteiger partial charge in [0.2, 0.25) is 0 Å². The number of rotatable bonds is 4. The van der Waals surface area contributed by atoms with E-state index in [-0.39, 0.29) is 5.92 Å². The van der Waals surface area contributed by atoms with Crippen molar-refractivity contribution in [3.63, 3.8) is 0 Å². The van der Waals surface area contributed by atoms with Crippen LogP contribution in [0.3, 0.4) is 0 Å². The fourth-order valence-electron chi connectivity index (χ4n) is 2.28. The molecule has 0 amide bonds. The number of benzene rings is 1. The molecule has 3 nitrogen and oxygen atoms in total. The molecule has 2 rings (SSSR count). The summed E-state index contributed by atoms with van der Waals surface area (Å²) >= 11 is 0. The molecule has 0 spiro atoms. The first-order valence-electron chi connectivity index (χ1n) is 6.32. The van der Waals surface area contributed by atoms with Crippen LogP contribution in [-0.4, -0.2) is 15.6 Å². The molecule has 0 aliphatic heterocycles. The Bertz CT molecular complexity index is 569. The number of aromatic nitrogens is 1. The van der Waals surface area contributed by atoms with Gasteiger partial charge >= 0.3 is 5.97 Å². The minimum atomic E-state index is -0.739. The van der Waals surface area contributed by atoms with Gasteiger partial charge in [0, 0.05) is 23.1 Å². The van der Waals surface area contributed by atoms with Gasteiger partial charge in [-0.25, -0.2) is 0 Å². The van der Waals surface area contributed by atoms with Gasteiger partial charge in [-0.2, -0.15) is 0 Å². The van der Waals surface area contributed by atoms with Gasteiger partial charge in [-0.15, -0.1) is 0 Å². The van der Waals surface area contributed by atoms with E-state index in [1.165, 1.54) is 10.9 Å². The summed E-state index contributed by atoms with van der Waals surface area (Å²) in [6, 6.07) is 8.56. The van der Waals surface area contributed by atoms with E-state index < -0.39 is 5.97 Å². The van der Waals surface area contributed by atoms with Gasteiger partial charge in [-0.1, -0.05) is 25.1 Å². The molecule has 0 aliphatic carbocycles. The quantitative estimate of drug-likeness (QED) is 0.896. The monoisotopic (exact) mass is 245 g/mol. The fraction of sp³-hybridized carbons (Fsp3) is 0.400. The maximum atomic E-state index is 11.0. The van der Waals surface area contributed by atoms with Crippen LogP contribution < -0.4 is 0 Å². The molecule has 96 valence electrons. The Labute approximate surface area is 107 Å². The highest BCUT2D eigenvalue weighted by Crippen LogP contribution is 2.26. The Kier molecular flexibility index (Phi) is 3.41. The van der Waals surface area contributed by atoms with Crippen molar-refractivity contribution in [2.45, 2.75) is 33.2 Å². The average Bonchev–Trinajstić information content (AvgIpc) is 2.68. The zero-order valence-electron chi connectivity index (χ0n) is 11.1. The van der Waals surface area contributed by atoms with Crippen LogP contribution in [-0.2, 0) is 11.2 Å². The molecular weight excluding hydrogens is 226 g/mol. The van der Waals surface area contributed by atoms with Crippen LogP contribution >= 0.6 is 0 Å². The summed E-state index contributed by atoms with van der Waals surface area (Å²) in [4.78, 5) is 11.0. The van der Waals surface area contributed by atoms with E-state index in [2.05, 4.69) is 36.7 Å². The van der Waals surface area contributed by atoms with Crippen molar-refractivity contribution in [1.82, 2.24) is 4.57 Å². The molecule has 0 aliphatic rings. The molecule has 3 heteroatoms. The van der Waals surface area contributed by atoms with Crippen molar-refractivity contribution < 1.29 is 9.90 Å². The van der Waals surface area contributed by atoms with E-state index in [0.717, 1.165) is 5.56 Å². The van der Waals surface area contributed by atoms with Crippen LogP contribution in [0.1, 0.15) is 32.4 Å². The first-order chi connectivity index (χ1) is 8.50. The van der Waals surface area contributed by atoms with Crippen molar-refractivity contribution >= 4 is 16.9 Å².